The molecule has 0 aliphatic rings. The van der Waals surface area contributed by atoms with Crippen molar-refractivity contribution in [3.05, 3.63) is 94.8 Å². The highest BCUT2D eigenvalue weighted by molar-refractivity contribution is 7.22. The Labute approximate surface area is 171 Å². The Bertz CT molecular complexity index is 1200. The molecule has 1 heterocycles. The lowest BCUT2D eigenvalue weighted by atomic mass is 10.1. The molecule has 4 rings (SSSR count). The molecule has 0 aliphatic heterocycles. The zero-order chi connectivity index (χ0) is 20.4. The first-order valence-corrected chi connectivity index (χ1v) is 9.89. The lowest BCUT2D eigenvalue weighted by Gasteiger charge is -2.14. The maximum Gasteiger partial charge on any atom is 0.280 e. The molecule has 3 aromatic carbocycles. The van der Waals surface area contributed by atoms with Crippen molar-refractivity contribution >= 4 is 38.8 Å². The molecule has 0 aliphatic carbocycles. The first-order chi connectivity index (χ1) is 14.0. The summed E-state index contributed by atoms with van der Waals surface area (Å²) in [5.74, 6) is -0.601. The maximum atomic E-state index is 13.2. The van der Waals surface area contributed by atoms with E-state index in [4.69, 9.17) is 0 Å². The summed E-state index contributed by atoms with van der Waals surface area (Å²) in [6, 6.07) is 19.2. The predicted molar refractivity (Wildman–Crippen MR) is 116 cm³/mol. The van der Waals surface area contributed by atoms with E-state index >= 15 is 0 Å². The number of anilines is 1. The molecule has 0 radical (unpaired) electrons. The second-order valence-corrected chi connectivity index (χ2v) is 7.76. The van der Waals surface area contributed by atoms with E-state index < -0.39 is 0 Å². The van der Waals surface area contributed by atoms with Gasteiger partial charge < -0.3 is 0 Å². The number of aryl methyl sites for hydroxylation is 2. The van der Waals surface area contributed by atoms with Crippen molar-refractivity contribution in [3.63, 3.8) is 0 Å². The number of benzene rings is 3. The van der Waals surface area contributed by atoms with Crippen LogP contribution in [0, 0.1) is 19.7 Å². The Kier molecular flexibility index (Phi) is 5.18. The number of rotatable bonds is 4. The van der Waals surface area contributed by atoms with Crippen molar-refractivity contribution in [1.29, 1.82) is 0 Å². The fourth-order valence-electron chi connectivity index (χ4n) is 2.79. The van der Waals surface area contributed by atoms with Crippen molar-refractivity contribution in [3.8, 4) is 0 Å². The Balaban J connectivity index is 1.75. The number of fused-ring (bicyclic) bond motifs is 1. The van der Waals surface area contributed by atoms with Crippen LogP contribution in [0.25, 0.3) is 10.2 Å². The van der Waals surface area contributed by atoms with Crippen molar-refractivity contribution in [2.45, 2.75) is 13.8 Å². The zero-order valence-corrected chi connectivity index (χ0v) is 16.8. The summed E-state index contributed by atoms with van der Waals surface area (Å²) in [6.07, 6.45) is 1.53. The molecule has 0 bridgehead atoms. The highest BCUT2D eigenvalue weighted by Crippen LogP contribution is 2.30. The standard InChI is InChI=1S/C23H18FN3OS/c1-15-3-8-18(9-4-15)22(28)27(25-14-17-6-10-19(24)11-7-17)23-26-20-12-5-16(2)13-21(20)29-23/h3-14H,1-2H3/b25-14+. The van der Waals surface area contributed by atoms with Gasteiger partial charge in [-0.05, 0) is 61.4 Å². The fourth-order valence-corrected chi connectivity index (χ4v) is 3.81. The second kappa shape index (κ2) is 7.93. The minimum absolute atomic E-state index is 0.279. The van der Waals surface area contributed by atoms with Crippen LogP contribution < -0.4 is 5.01 Å². The molecule has 144 valence electrons. The number of halogens is 1. The predicted octanol–water partition coefficient (Wildman–Crippen LogP) is 5.73. The number of carbonyl (C=O) groups excluding carboxylic acids is 1. The van der Waals surface area contributed by atoms with Gasteiger partial charge in [-0.15, -0.1) is 0 Å². The minimum atomic E-state index is -0.323. The number of hydrogen-bond acceptors (Lipinski definition) is 4. The molecular formula is C23H18FN3OS. The Morgan fingerprint density at radius 3 is 2.41 bits per heavy atom. The van der Waals surface area contributed by atoms with E-state index in [2.05, 4.69) is 10.1 Å². The monoisotopic (exact) mass is 403 g/mol. The van der Waals surface area contributed by atoms with Crippen LogP contribution >= 0.6 is 11.3 Å². The third-order valence-corrected chi connectivity index (χ3v) is 5.39. The molecule has 6 heteroatoms. The van der Waals surface area contributed by atoms with Crippen LogP contribution in [0.2, 0.25) is 0 Å². The number of hydrogen-bond donors (Lipinski definition) is 0. The molecule has 4 nitrogen and oxygen atoms in total. The van der Waals surface area contributed by atoms with E-state index in [9.17, 15) is 9.18 Å². The van der Waals surface area contributed by atoms with Crippen molar-refractivity contribution < 1.29 is 9.18 Å². The summed E-state index contributed by atoms with van der Waals surface area (Å²) >= 11 is 1.40. The van der Waals surface area contributed by atoms with Crippen LogP contribution in [0.4, 0.5) is 9.52 Å². The molecule has 1 amide bonds. The van der Waals surface area contributed by atoms with Crippen LogP contribution in [0.15, 0.2) is 71.8 Å². The molecule has 0 spiro atoms. The van der Waals surface area contributed by atoms with Crippen LogP contribution in [-0.2, 0) is 0 Å². The third-order valence-electron chi connectivity index (χ3n) is 4.40. The molecular weight excluding hydrogens is 385 g/mol. The largest absolute Gasteiger partial charge is 0.280 e. The van der Waals surface area contributed by atoms with Gasteiger partial charge >= 0.3 is 0 Å². The van der Waals surface area contributed by atoms with Gasteiger partial charge in [-0.3, -0.25) is 4.79 Å². The number of hydrazone groups is 1. The average Bonchev–Trinajstić information content (AvgIpc) is 3.12. The number of amides is 1. The number of aromatic nitrogens is 1. The topological polar surface area (TPSA) is 45.6 Å². The highest BCUT2D eigenvalue weighted by atomic mass is 32.1. The Morgan fingerprint density at radius 2 is 1.69 bits per heavy atom. The van der Waals surface area contributed by atoms with Gasteiger partial charge in [0.15, 0.2) is 0 Å². The minimum Gasteiger partial charge on any atom is -0.267 e. The van der Waals surface area contributed by atoms with Crippen molar-refractivity contribution in [1.82, 2.24) is 4.98 Å². The summed E-state index contributed by atoms with van der Waals surface area (Å²) in [5, 5.41) is 6.18. The van der Waals surface area contributed by atoms with E-state index in [0.29, 0.717) is 16.3 Å². The molecule has 4 aromatic rings. The van der Waals surface area contributed by atoms with E-state index in [1.807, 2.05) is 44.2 Å². The molecule has 0 unspecified atom stereocenters. The second-order valence-electron chi connectivity index (χ2n) is 6.75. The molecule has 0 atom stereocenters. The van der Waals surface area contributed by atoms with Crippen LogP contribution in [0.3, 0.4) is 0 Å². The Hall–Kier alpha value is -3.38. The van der Waals surface area contributed by atoms with Gasteiger partial charge in [0, 0.05) is 5.56 Å². The van der Waals surface area contributed by atoms with Crippen LogP contribution in [-0.4, -0.2) is 17.1 Å². The quantitative estimate of drug-likeness (QED) is 0.322. The molecule has 0 N–H and O–H groups in total. The van der Waals surface area contributed by atoms with Gasteiger partial charge in [0.05, 0.1) is 16.4 Å². The van der Waals surface area contributed by atoms with Gasteiger partial charge in [-0.2, -0.15) is 10.1 Å². The van der Waals surface area contributed by atoms with E-state index in [1.165, 1.54) is 34.7 Å². The first-order valence-electron chi connectivity index (χ1n) is 9.07. The zero-order valence-electron chi connectivity index (χ0n) is 16.0. The smallest absolute Gasteiger partial charge is 0.267 e. The number of nitrogens with zero attached hydrogens (tertiary/aromatic N) is 3. The summed E-state index contributed by atoms with van der Waals surface area (Å²) < 4.78 is 14.2. The SMILES string of the molecule is Cc1ccc(C(=O)N(/N=C/c2ccc(F)cc2)c2nc3ccc(C)cc3s2)cc1. The van der Waals surface area contributed by atoms with Crippen molar-refractivity contribution in [2.75, 3.05) is 5.01 Å². The van der Waals surface area contributed by atoms with E-state index in [-0.39, 0.29) is 11.7 Å². The van der Waals surface area contributed by atoms with E-state index in [0.717, 1.165) is 21.3 Å². The number of thiazole rings is 1. The van der Waals surface area contributed by atoms with Gasteiger partial charge in [-0.25, -0.2) is 9.37 Å². The summed E-state index contributed by atoms with van der Waals surface area (Å²) in [4.78, 5) is 17.8. The van der Waals surface area contributed by atoms with Gasteiger partial charge in [0.25, 0.3) is 5.91 Å². The average molecular weight is 403 g/mol. The molecule has 29 heavy (non-hydrogen) atoms. The Morgan fingerprint density at radius 1 is 1.00 bits per heavy atom. The molecule has 0 saturated carbocycles. The van der Waals surface area contributed by atoms with Crippen LogP contribution in [0.1, 0.15) is 27.0 Å². The van der Waals surface area contributed by atoms with Gasteiger partial charge in [0.1, 0.15) is 5.82 Å². The first kappa shape index (κ1) is 19.0. The fraction of sp³-hybridized carbons (Fsp3) is 0.0870. The van der Waals surface area contributed by atoms with Gasteiger partial charge in [-0.1, -0.05) is 47.2 Å². The molecule has 0 saturated heterocycles. The highest BCUT2D eigenvalue weighted by Gasteiger charge is 2.21. The lowest BCUT2D eigenvalue weighted by Crippen LogP contribution is -2.25. The normalized spacial score (nSPS) is 11.3. The number of carbonyl (C=O) groups is 1. The molecule has 1 aromatic heterocycles. The molecule has 0 fully saturated rings. The third kappa shape index (κ3) is 4.22. The summed E-state index contributed by atoms with van der Waals surface area (Å²) in [7, 11) is 0. The summed E-state index contributed by atoms with van der Waals surface area (Å²) in [6.45, 7) is 3.98. The van der Waals surface area contributed by atoms with Crippen molar-refractivity contribution in [2.24, 2.45) is 5.10 Å². The summed E-state index contributed by atoms with van der Waals surface area (Å²) in [5.41, 5.74) is 4.21. The maximum absolute atomic E-state index is 13.2. The van der Waals surface area contributed by atoms with Crippen LogP contribution in [0.5, 0.6) is 0 Å². The lowest BCUT2D eigenvalue weighted by molar-refractivity contribution is 0.0988. The van der Waals surface area contributed by atoms with E-state index in [1.54, 1.807) is 24.3 Å². The van der Waals surface area contributed by atoms with Gasteiger partial charge in [0.2, 0.25) is 5.13 Å².